The second kappa shape index (κ2) is 5.29. The number of furan rings is 1. The van der Waals surface area contributed by atoms with Crippen LogP contribution in [0.1, 0.15) is 18.5 Å². The molecule has 0 fully saturated rings. The third-order valence-corrected chi connectivity index (χ3v) is 1.84. The fraction of sp³-hybridized carbons (Fsp3) is 0.444. The zero-order valence-electron chi connectivity index (χ0n) is 8.03. The van der Waals surface area contributed by atoms with Crippen LogP contribution in [0.5, 0.6) is 0 Å². The highest BCUT2D eigenvalue weighted by Crippen LogP contribution is 2.11. The number of nitrogens with one attached hydrogen (secondary N) is 1. The summed E-state index contributed by atoms with van der Waals surface area (Å²) < 4.78 is 9.50. The molecule has 78 valence electrons. The molecule has 5 nitrogen and oxygen atoms in total. The Labute approximate surface area is 82.2 Å². The lowest BCUT2D eigenvalue weighted by atomic mass is 10.2. The van der Waals surface area contributed by atoms with Gasteiger partial charge in [0.05, 0.1) is 12.5 Å². The van der Waals surface area contributed by atoms with Gasteiger partial charge in [0.15, 0.2) is 0 Å². The van der Waals surface area contributed by atoms with Crippen molar-refractivity contribution >= 4 is 6.09 Å². The van der Waals surface area contributed by atoms with Gasteiger partial charge in [-0.25, -0.2) is 4.79 Å². The van der Waals surface area contributed by atoms with E-state index in [1.807, 2.05) is 13.0 Å². The third kappa shape index (κ3) is 3.49. The van der Waals surface area contributed by atoms with Gasteiger partial charge in [0.1, 0.15) is 6.61 Å². The first-order valence-electron chi connectivity index (χ1n) is 4.38. The maximum absolute atomic E-state index is 10.2. The van der Waals surface area contributed by atoms with Crippen molar-refractivity contribution in [2.24, 2.45) is 5.73 Å². The van der Waals surface area contributed by atoms with E-state index < -0.39 is 6.09 Å². The van der Waals surface area contributed by atoms with Gasteiger partial charge in [-0.3, -0.25) is 0 Å². The molecule has 0 bridgehead atoms. The van der Waals surface area contributed by atoms with Gasteiger partial charge < -0.3 is 20.2 Å². The molecule has 1 heterocycles. The van der Waals surface area contributed by atoms with Crippen molar-refractivity contribution in [2.45, 2.75) is 13.0 Å². The van der Waals surface area contributed by atoms with Gasteiger partial charge >= 0.3 is 6.09 Å². The second-order valence-corrected chi connectivity index (χ2v) is 2.90. The summed E-state index contributed by atoms with van der Waals surface area (Å²) in [6, 6.07) is 2.05. The smallest absolute Gasteiger partial charge is 0.404 e. The van der Waals surface area contributed by atoms with Crippen LogP contribution in [0, 0.1) is 0 Å². The molecule has 0 saturated heterocycles. The monoisotopic (exact) mass is 198 g/mol. The molecule has 14 heavy (non-hydrogen) atoms. The van der Waals surface area contributed by atoms with Crippen molar-refractivity contribution in [1.82, 2.24) is 5.32 Å². The topological polar surface area (TPSA) is 77.5 Å². The number of ether oxygens (including phenoxy) is 1. The molecule has 0 aliphatic heterocycles. The highest BCUT2D eigenvalue weighted by molar-refractivity contribution is 5.64. The van der Waals surface area contributed by atoms with Gasteiger partial charge in [0.25, 0.3) is 0 Å². The molecule has 5 heteroatoms. The number of hydrogen-bond donors (Lipinski definition) is 2. The van der Waals surface area contributed by atoms with Gasteiger partial charge in [-0.15, -0.1) is 0 Å². The van der Waals surface area contributed by atoms with Gasteiger partial charge in [-0.1, -0.05) is 0 Å². The number of nitrogens with two attached hydrogens (primary N) is 1. The second-order valence-electron chi connectivity index (χ2n) is 2.90. The molecule has 0 saturated carbocycles. The summed E-state index contributed by atoms with van der Waals surface area (Å²) in [5.74, 6) is 0. The predicted molar refractivity (Wildman–Crippen MR) is 50.7 cm³/mol. The maximum atomic E-state index is 10.2. The van der Waals surface area contributed by atoms with Gasteiger partial charge in [0.2, 0.25) is 0 Å². The van der Waals surface area contributed by atoms with Crippen LogP contribution in [-0.4, -0.2) is 19.2 Å². The van der Waals surface area contributed by atoms with E-state index in [1.54, 1.807) is 12.5 Å². The minimum atomic E-state index is -0.747. The van der Waals surface area contributed by atoms with Crippen LogP contribution in [-0.2, 0) is 4.74 Å². The summed E-state index contributed by atoms with van der Waals surface area (Å²) >= 11 is 0. The SMILES string of the molecule is CC(NCCOC(N)=O)c1ccoc1. The molecule has 0 radical (unpaired) electrons. The Morgan fingerprint density at radius 1 is 1.79 bits per heavy atom. The van der Waals surface area contributed by atoms with E-state index in [-0.39, 0.29) is 12.6 Å². The number of primary amides is 1. The fourth-order valence-corrected chi connectivity index (χ4v) is 1.07. The van der Waals surface area contributed by atoms with E-state index >= 15 is 0 Å². The van der Waals surface area contributed by atoms with Crippen LogP contribution in [0.3, 0.4) is 0 Å². The number of rotatable bonds is 5. The standard InChI is InChI=1S/C9H14N2O3/c1-7(8-2-4-13-6-8)11-3-5-14-9(10)12/h2,4,6-7,11H,3,5H2,1H3,(H2,10,12). The molecular formula is C9H14N2O3. The van der Waals surface area contributed by atoms with Crippen molar-refractivity contribution in [2.75, 3.05) is 13.2 Å². The first kappa shape index (κ1) is 10.6. The first-order chi connectivity index (χ1) is 6.70. The Hall–Kier alpha value is -1.49. The molecule has 1 aromatic rings. The zero-order chi connectivity index (χ0) is 10.4. The van der Waals surface area contributed by atoms with Crippen molar-refractivity contribution < 1.29 is 13.9 Å². The van der Waals surface area contributed by atoms with Crippen molar-refractivity contribution in [3.8, 4) is 0 Å². The Bertz CT molecular complexity index is 272. The van der Waals surface area contributed by atoms with Crippen LogP contribution in [0.15, 0.2) is 23.0 Å². The summed E-state index contributed by atoms with van der Waals surface area (Å²) in [4.78, 5) is 10.2. The van der Waals surface area contributed by atoms with E-state index in [9.17, 15) is 4.79 Å². The normalized spacial score (nSPS) is 12.4. The van der Waals surface area contributed by atoms with Gasteiger partial charge in [-0.2, -0.15) is 0 Å². The average Bonchev–Trinajstić information content (AvgIpc) is 2.64. The quantitative estimate of drug-likeness (QED) is 0.692. The molecule has 1 amide bonds. The zero-order valence-corrected chi connectivity index (χ0v) is 8.03. The van der Waals surface area contributed by atoms with E-state index in [4.69, 9.17) is 10.2 Å². The van der Waals surface area contributed by atoms with Crippen LogP contribution in [0.25, 0.3) is 0 Å². The van der Waals surface area contributed by atoms with Gasteiger partial charge in [0, 0.05) is 18.2 Å². The molecule has 1 atom stereocenters. The average molecular weight is 198 g/mol. The summed E-state index contributed by atoms with van der Waals surface area (Å²) in [5, 5.41) is 3.15. The number of carbonyl (C=O) groups is 1. The molecule has 1 unspecified atom stereocenters. The lowest BCUT2D eigenvalue weighted by Crippen LogP contribution is -2.25. The summed E-state index contributed by atoms with van der Waals surface area (Å²) in [7, 11) is 0. The summed E-state index contributed by atoms with van der Waals surface area (Å²) in [6.45, 7) is 2.84. The Kier molecular flexibility index (Phi) is 4.00. The molecule has 0 aliphatic rings. The Morgan fingerprint density at radius 3 is 3.14 bits per heavy atom. The van der Waals surface area contributed by atoms with Crippen LogP contribution in [0.2, 0.25) is 0 Å². The highest BCUT2D eigenvalue weighted by Gasteiger charge is 2.05. The number of amides is 1. The largest absolute Gasteiger partial charge is 0.472 e. The summed E-state index contributed by atoms with van der Waals surface area (Å²) in [5.41, 5.74) is 5.86. The van der Waals surface area contributed by atoms with E-state index in [2.05, 4.69) is 10.1 Å². The predicted octanol–water partition coefficient (Wildman–Crippen LogP) is 1.03. The molecule has 1 aromatic heterocycles. The number of hydrogen-bond acceptors (Lipinski definition) is 4. The minimum absolute atomic E-state index is 0.172. The maximum Gasteiger partial charge on any atom is 0.404 e. The van der Waals surface area contributed by atoms with Crippen LogP contribution < -0.4 is 11.1 Å². The molecular weight excluding hydrogens is 184 g/mol. The lowest BCUT2D eigenvalue weighted by molar-refractivity contribution is 0.156. The molecule has 3 N–H and O–H groups in total. The van der Waals surface area contributed by atoms with Crippen LogP contribution >= 0.6 is 0 Å². The first-order valence-corrected chi connectivity index (χ1v) is 4.38. The Morgan fingerprint density at radius 2 is 2.57 bits per heavy atom. The van der Waals surface area contributed by atoms with Crippen molar-refractivity contribution in [1.29, 1.82) is 0 Å². The third-order valence-electron chi connectivity index (χ3n) is 1.84. The van der Waals surface area contributed by atoms with E-state index in [0.29, 0.717) is 6.54 Å². The highest BCUT2D eigenvalue weighted by atomic mass is 16.5. The lowest BCUT2D eigenvalue weighted by Gasteiger charge is -2.11. The van der Waals surface area contributed by atoms with Crippen LogP contribution in [0.4, 0.5) is 4.79 Å². The molecule has 0 spiro atoms. The molecule has 0 aliphatic carbocycles. The van der Waals surface area contributed by atoms with Crippen molar-refractivity contribution in [3.05, 3.63) is 24.2 Å². The van der Waals surface area contributed by atoms with E-state index in [0.717, 1.165) is 5.56 Å². The fourth-order valence-electron chi connectivity index (χ4n) is 1.07. The molecule has 1 rings (SSSR count). The Balaban J connectivity index is 2.16. The van der Waals surface area contributed by atoms with E-state index in [1.165, 1.54) is 0 Å². The molecule has 0 aromatic carbocycles. The van der Waals surface area contributed by atoms with Gasteiger partial charge in [-0.05, 0) is 13.0 Å². The summed E-state index contributed by atoms with van der Waals surface area (Å²) in [6.07, 6.45) is 2.54. The van der Waals surface area contributed by atoms with Crippen molar-refractivity contribution in [3.63, 3.8) is 0 Å². The number of carbonyl (C=O) groups excluding carboxylic acids is 1. The minimum Gasteiger partial charge on any atom is -0.472 e.